The maximum Gasteiger partial charge on any atom is 0.405 e. The Morgan fingerprint density at radius 3 is 2.36 bits per heavy atom. The van der Waals surface area contributed by atoms with Gasteiger partial charge in [0.1, 0.15) is 5.60 Å². The standard InChI is InChI=1S/C10H20N2O2/c1-9(2,3)10(14-8(12)13)6-4-5-7(10)11/h7H,4-6,11H2,1-3H3,(H2,12,13)/t7-,10-/m1/s1. The zero-order valence-electron chi connectivity index (χ0n) is 9.17. The predicted molar refractivity (Wildman–Crippen MR) is 54.7 cm³/mol. The molecule has 0 radical (unpaired) electrons. The van der Waals surface area contributed by atoms with E-state index in [9.17, 15) is 4.79 Å². The molecule has 1 aliphatic carbocycles. The summed E-state index contributed by atoms with van der Waals surface area (Å²) in [5.74, 6) is 0. The van der Waals surface area contributed by atoms with E-state index in [-0.39, 0.29) is 11.5 Å². The van der Waals surface area contributed by atoms with E-state index >= 15 is 0 Å². The van der Waals surface area contributed by atoms with Gasteiger partial charge in [-0.05, 0) is 19.3 Å². The van der Waals surface area contributed by atoms with E-state index in [1.54, 1.807) is 0 Å². The van der Waals surface area contributed by atoms with Gasteiger partial charge in [-0.15, -0.1) is 0 Å². The molecule has 1 saturated carbocycles. The number of nitrogens with two attached hydrogens (primary N) is 2. The van der Waals surface area contributed by atoms with Crippen molar-refractivity contribution >= 4 is 6.09 Å². The van der Waals surface area contributed by atoms with Crippen LogP contribution in [0.2, 0.25) is 0 Å². The summed E-state index contributed by atoms with van der Waals surface area (Å²) < 4.78 is 5.29. The molecule has 4 N–H and O–H groups in total. The van der Waals surface area contributed by atoms with Crippen LogP contribution in [0.3, 0.4) is 0 Å². The van der Waals surface area contributed by atoms with E-state index in [0.717, 1.165) is 19.3 Å². The van der Waals surface area contributed by atoms with Crippen LogP contribution < -0.4 is 11.5 Å². The molecule has 4 nitrogen and oxygen atoms in total. The number of rotatable bonds is 1. The molecule has 2 atom stereocenters. The van der Waals surface area contributed by atoms with Gasteiger partial charge in [-0.3, -0.25) is 0 Å². The van der Waals surface area contributed by atoms with Crippen molar-refractivity contribution in [1.82, 2.24) is 0 Å². The first kappa shape index (κ1) is 11.3. The molecule has 0 aromatic heterocycles. The number of amides is 1. The normalized spacial score (nSPS) is 33.0. The van der Waals surface area contributed by atoms with Crippen LogP contribution in [0, 0.1) is 5.41 Å². The number of carbonyl (C=O) groups excluding carboxylic acids is 1. The van der Waals surface area contributed by atoms with Gasteiger partial charge in [-0.25, -0.2) is 4.79 Å². The molecule has 0 heterocycles. The van der Waals surface area contributed by atoms with Crippen molar-refractivity contribution in [2.75, 3.05) is 0 Å². The van der Waals surface area contributed by atoms with Gasteiger partial charge < -0.3 is 16.2 Å². The molecule has 1 fully saturated rings. The number of primary amides is 1. The molecule has 0 bridgehead atoms. The second kappa shape index (κ2) is 3.42. The van der Waals surface area contributed by atoms with Gasteiger partial charge >= 0.3 is 6.09 Å². The van der Waals surface area contributed by atoms with Gasteiger partial charge in [0, 0.05) is 11.5 Å². The van der Waals surface area contributed by atoms with E-state index in [1.165, 1.54) is 0 Å². The summed E-state index contributed by atoms with van der Waals surface area (Å²) in [6.45, 7) is 6.09. The van der Waals surface area contributed by atoms with Crippen molar-refractivity contribution in [2.24, 2.45) is 16.9 Å². The Balaban J connectivity index is 2.96. The van der Waals surface area contributed by atoms with Crippen molar-refractivity contribution in [3.8, 4) is 0 Å². The lowest BCUT2D eigenvalue weighted by molar-refractivity contribution is -0.0701. The lowest BCUT2D eigenvalue weighted by Gasteiger charge is -2.43. The fraction of sp³-hybridized carbons (Fsp3) is 0.900. The number of hydrogen-bond donors (Lipinski definition) is 2. The van der Waals surface area contributed by atoms with Crippen molar-refractivity contribution < 1.29 is 9.53 Å². The quantitative estimate of drug-likeness (QED) is 0.671. The zero-order chi connectivity index (χ0) is 11.0. The van der Waals surface area contributed by atoms with Crippen LogP contribution in [0.1, 0.15) is 40.0 Å². The molecule has 0 aromatic carbocycles. The van der Waals surface area contributed by atoms with Crippen LogP contribution in [0.4, 0.5) is 4.79 Å². The van der Waals surface area contributed by atoms with E-state index in [0.29, 0.717) is 0 Å². The van der Waals surface area contributed by atoms with E-state index < -0.39 is 11.7 Å². The Bertz CT molecular complexity index is 235. The maximum atomic E-state index is 10.9. The van der Waals surface area contributed by atoms with Gasteiger partial charge in [0.25, 0.3) is 0 Å². The molecule has 4 heteroatoms. The Morgan fingerprint density at radius 1 is 1.50 bits per heavy atom. The molecule has 0 spiro atoms. The molecule has 0 aliphatic heterocycles. The Kier molecular flexibility index (Phi) is 2.76. The fourth-order valence-corrected chi connectivity index (χ4v) is 2.39. The molecule has 1 amide bonds. The first-order chi connectivity index (χ1) is 6.29. The molecule has 0 aromatic rings. The summed E-state index contributed by atoms with van der Waals surface area (Å²) in [5, 5.41) is 0. The molecular weight excluding hydrogens is 180 g/mol. The summed E-state index contributed by atoms with van der Waals surface area (Å²) in [4.78, 5) is 10.9. The molecule has 1 rings (SSSR count). The minimum Gasteiger partial charge on any atom is -0.441 e. The minimum atomic E-state index is -0.725. The van der Waals surface area contributed by atoms with Gasteiger partial charge in [0.05, 0.1) is 0 Å². The van der Waals surface area contributed by atoms with Crippen LogP contribution in [-0.2, 0) is 4.74 Å². The second-order valence-corrected chi connectivity index (χ2v) is 5.06. The SMILES string of the molecule is CC(C)(C)[C@@]1(OC(N)=O)CCC[C@H]1N. The lowest BCUT2D eigenvalue weighted by atomic mass is 9.73. The van der Waals surface area contributed by atoms with Crippen molar-refractivity contribution in [3.63, 3.8) is 0 Å². The molecule has 82 valence electrons. The number of carbonyl (C=O) groups is 1. The molecule has 14 heavy (non-hydrogen) atoms. The van der Waals surface area contributed by atoms with Crippen LogP contribution >= 0.6 is 0 Å². The average molecular weight is 200 g/mol. The van der Waals surface area contributed by atoms with Gasteiger partial charge in [0.15, 0.2) is 0 Å². The Morgan fingerprint density at radius 2 is 2.07 bits per heavy atom. The maximum absolute atomic E-state index is 10.9. The first-order valence-electron chi connectivity index (χ1n) is 5.03. The highest BCUT2D eigenvalue weighted by Gasteiger charge is 2.52. The summed E-state index contributed by atoms with van der Waals surface area (Å²) in [6, 6.07) is -0.102. The Hall–Kier alpha value is -0.770. The first-order valence-corrected chi connectivity index (χ1v) is 5.03. The van der Waals surface area contributed by atoms with Gasteiger partial charge in [-0.1, -0.05) is 20.8 Å². The highest BCUT2D eigenvalue weighted by Crippen LogP contribution is 2.45. The van der Waals surface area contributed by atoms with Crippen molar-refractivity contribution in [2.45, 2.75) is 51.7 Å². The summed E-state index contributed by atoms with van der Waals surface area (Å²) in [7, 11) is 0. The summed E-state index contributed by atoms with van der Waals surface area (Å²) in [6.07, 6.45) is 1.97. The number of ether oxygens (including phenoxy) is 1. The summed E-state index contributed by atoms with van der Waals surface area (Å²) >= 11 is 0. The summed E-state index contributed by atoms with van der Waals surface area (Å²) in [5.41, 5.74) is 10.4. The molecular formula is C10H20N2O2. The molecule has 0 unspecified atom stereocenters. The smallest absolute Gasteiger partial charge is 0.405 e. The van der Waals surface area contributed by atoms with Crippen LogP contribution in [0.25, 0.3) is 0 Å². The number of hydrogen-bond acceptors (Lipinski definition) is 3. The van der Waals surface area contributed by atoms with Crippen LogP contribution in [-0.4, -0.2) is 17.7 Å². The fourth-order valence-electron chi connectivity index (χ4n) is 2.39. The van der Waals surface area contributed by atoms with Gasteiger partial charge in [-0.2, -0.15) is 0 Å². The van der Waals surface area contributed by atoms with Crippen molar-refractivity contribution in [3.05, 3.63) is 0 Å². The van der Waals surface area contributed by atoms with Gasteiger partial charge in [0.2, 0.25) is 0 Å². The zero-order valence-corrected chi connectivity index (χ0v) is 9.17. The van der Waals surface area contributed by atoms with Crippen LogP contribution in [0.5, 0.6) is 0 Å². The highest BCUT2D eigenvalue weighted by molar-refractivity contribution is 5.65. The van der Waals surface area contributed by atoms with Crippen LogP contribution in [0.15, 0.2) is 0 Å². The van der Waals surface area contributed by atoms with E-state index in [1.807, 2.05) is 20.8 Å². The predicted octanol–water partition coefficient (Wildman–Crippen LogP) is 1.38. The van der Waals surface area contributed by atoms with E-state index in [4.69, 9.17) is 16.2 Å². The highest BCUT2D eigenvalue weighted by atomic mass is 16.6. The average Bonchev–Trinajstić information content (AvgIpc) is 2.30. The third-order valence-electron chi connectivity index (χ3n) is 3.21. The molecule has 1 aliphatic rings. The van der Waals surface area contributed by atoms with E-state index in [2.05, 4.69) is 0 Å². The lowest BCUT2D eigenvalue weighted by Crippen LogP contribution is -2.56. The molecule has 0 saturated heterocycles. The van der Waals surface area contributed by atoms with Crippen molar-refractivity contribution in [1.29, 1.82) is 0 Å². The largest absolute Gasteiger partial charge is 0.441 e. The third-order valence-corrected chi connectivity index (χ3v) is 3.21. The monoisotopic (exact) mass is 200 g/mol. The second-order valence-electron chi connectivity index (χ2n) is 5.06. The topological polar surface area (TPSA) is 78.3 Å². The Labute approximate surface area is 85.0 Å². The minimum absolute atomic E-state index is 0.102. The third kappa shape index (κ3) is 1.71.